The highest BCUT2D eigenvalue weighted by Crippen LogP contribution is 2.23. The van der Waals surface area contributed by atoms with E-state index in [1.54, 1.807) is 25.1 Å². The molecule has 2 aliphatic rings. The number of carbonyl (C=O) groups is 2. The summed E-state index contributed by atoms with van der Waals surface area (Å²) in [5, 5.41) is 8.58. The Balaban J connectivity index is 1.68. The van der Waals surface area contributed by atoms with Crippen LogP contribution in [0.1, 0.15) is 18.9 Å². The molecule has 1 aromatic carbocycles. The van der Waals surface area contributed by atoms with Crippen LogP contribution in [-0.4, -0.2) is 48.5 Å². The van der Waals surface area contributed by atoms with E-state index < -0.39 is 33.6 Å². The zero-order chi connectivity index (χ0) is 18.2. The SMILES string of the molecule is CC1=NN(Cc2ccccc2Cl)C(=O)[C@H]1C(=O)N[C@@H]1CCS(=O)(=O)C1. The molecule has 0 saturated carbocycles. The number of nitrogens with one attached hydrogen (secondary N) is 1. The fourth-order valence-corrected chi connectivity index (χ4v) is 4.89. The zero-order valence-corrected chi connectivity index (χ0v) is 15.2. The number of rotatable bonds is 4. The molecule has 0 unspecified atom stereocenters. The van der Waals surface area contributed by atoms with Gasteiger partial charge < -0.3 is 5.32 Å². The first-order valence-corrected chi connectivity index (χ1v) is 10.1. The van der Waals surface area contributed by atoms with E-state index in [-0.39, 0.29) is 18.1 Å². The van der Waals surface area contributed by atoms with Crippen molar-refractivity contribution in [1.29, 1.82) is 0 Å². The molecule has 0 radical (unpaired) electrons. The summed E-state index contributed by atoms with van der Waals surface area (Å²) in [4.78, 5) is 25.0. The molecule has 2 atom stereocenters. The van der Waals surface area contributed by atoms with Gasteiger partial charge in [0.05, 0.1) is 23.8 Å². The average molecular weight is 384 g/mol. The van der Waals surface area contributed by atoms with Gasteiger partial charge >= 0.3 is 0 Å². The van der Waals surface area contributed by atoms with Crippen LogP contribution in [0, 0.1) is 5.92 Å². The second-order valence-corrected chi connectivity index (χ2v) is 8.91. The fourth-order valence-electron chi connectivity index (χ4n) is 3.02. The Morgan fingerprint density at radius 2 is 2.12 bits per heavy atom. The van der Waals surface area contributed by atoms with Gasteiger partial charge in [0, 0.05) is 11.1 Å². The standard InChI is InChI=1S/C16H18ClN3O4S/c1-10-14(15(21)18-12-6-7-25(23,24)9-12)16(22)20(19-10)8-11-4-2-3-5-13(11)17/h2-5,12,14H,6-9H2,1H3,(H,18,21)/t12-,14-/m1/s1. The molecule has 2 heterocycles. The second-order valence-electron chi connectivity index (χ2n) is 6.27. The summed E-state index contributed by atoms with van der Waals surface area (Å²) in [5.74, 6) is -1.99. The summed E-state index contributed by atoms with van der Waals surface area (Å²) in [6.45, 7) is 1.79. The molecule has 2 amide bonds. The molecule has 7 nitrogen and oxygen atoms in total. The van der Waals surface area contributed by atoms with Crippen molar-refractivity contribution in [3.05, 3.63) is 34.9 Å². The van der Waals surface area contributed by atoms with Crippen LogP contribution >= 0.6 is 11.6 Å². The van der Waals surface area contributed by atoms with Gasteiger partial charge in [-0.25, -0.2) is 13.4 Å². The summed E-state index contributed by atoms with van der Waals surface area (Å²) in [7, 11) is -3.10. The Kier molecular flexibility index (Phi) is 4.83. The first-order valence-electron chi connectivity index (χ1n) is 7.87. The van der Waals surface area contributed by atoms with Gasteiger partial charge in [-0.15, -0.1) is 0 Å². The summed E-state index contributed by atoms with van der Waals surface area (Å²) in [6, 6.07) is 6.66. The third-order valence-corrected chi connectivity index (χ3v) is 6.45. The number of carbonyl (C=O) groups excluding carboxylic acids is 2. The fraction of sp³-hybridized carbons (Fsp3) is 0.438. The summed E-state index contributed by atoms with van der Waals surface area (Å²) in [6.07, 6.45) is 0.370. The number of amides is 2. The highest BCUT2D eigenvalue weighted by atomic mass is 35.5. The minimum Gasteiger partial charge on any atom is -0.351 e. The number of benzene rings is 1. The molecule has 3 rings (SSSR count). The predicted molar refractivity (Wildman–Crippen MR) is 93.8 cm³/mol. The van der Waals surface area contributed by atoms with E-state index in [9.17, 15) is 18.0 Å². The molecule has 0 aliphatic carbocycles. The number of sulfone groups is 1. The van der Waals surface area contributed by atoms with Crippen LogP contribution in [0.2, 0.25) is 5.02 Å². The van der Waals surface area contributed by atoms with Crippen LogP contribution in [0.15, 0.2) is 29.4 Å². The van der Waals surface area contributed by atoms with Crippen molar-refractivity contribution in [1.82, 2.24) is 10.3 Å². The maximum absolute atomic E-state index is 12.6. The van der Waals surface area contributed by atoms with Crippen molar-refractivity contribution in [2.24, 2.45) is 11.0 Å². The lowest BCUT2D eigenvalue weighted by Crippen LogP contribution is -2.44. The maximum atomic E-state index is 12.6. The predicted octanol–water partition coefficient (Wildman–Crippen LogP) is 0.978. The lowest BCUT2D eigenvalue weighted by Gasteiger charge is -2.17. The number of hydrogen-bond donors (Lipinski definition) is 1. The highest BCUT2D eigenvalue weighted by Gasteiger charge is 2.40. The molecule has 1 N–H and O–H groups in total. The van der Waals surface area contributed by atoms with E-state index in [1.807, 2.05) is 6.07 Å². The third kappa shape index (κ3) is 3.85. The largest absolute Gasteiger partial charge is 0.351 e. The molecule has 1 aromatic rings. The van der Waals surface area contributed by atoms with Crippen LogP contribution < -0.4 is 5.32 Å². The van der Waals surface area contributed by atoms with Gasteiger partial charge in [-0.1, -0.05) is 29.8 Å². The minimum absolute atomic E-state index is 0.0578. The van der Waals surface area contributed by atoms with E-state index in [1.165, 1.54) is 5.01 Å². The molecule has 0 bridgehead atoms. The van der Waals surface area contributed by atoms with Gasteiger partial charge in [-0.2, -0.15) is 5.10 Å². The van der Waals surface area contributed by atoms with Crippen molar-refractivity contribution in [3.8, 4) is 0 Å². The lowest BCUT2D eigenvalue weighted by molar-refractivity contribution is -0.138. The van der Waals surface area contributed by atoms with E-state index in [0.717, 1.165) is 5.56 Å². The van der Waals surface area contributed by atoms with Gasteiger partial charge in [0.2, 0.25) is 5.91 Å². The van der Waals surface area contributed by atoms with Gasteiger partial charge in [-0.3, -0.25) is 9.59 Å². The lowest BCUT2D eigenvalue weighted by atomic mass is 10.0. The molecular weight excluding hydrogens is 366 g/mol. The van der Waals surface area contributed by atoms with Crippen LogP contribution in [0.3, 0.4) is 0 Å². The number of halogens is 1. The molecule has 134 valence electrons. The smallest absolute Gasteiger partial charge is 0.261 e. The number of nitrogens with zero attached hydrogens (tertiary/aromatic N) is 2. The Morgan fingerprint density at radius 1 is 1.40 bits per heavy atom. The molecule has 1 fully saturated rings. The maximum Gasteiger partial charge on any atom is 0.261 e. The van der Waals surface area contributed by atoms with Crippen LogP contribution in [0.4, 0.5) is 0 Å². The monoisotopic (exact) mass is 383 g/mol. The minimum atomic E-state index is -3.10. The Labute approximate surface area is 150 Å². The Morgan fingerprint density at radius 3 is 2.76 bits per heavy atom. The van der Waals surface area contributed by atoms with Gasteiger partial charge in [0.15, 0.2) is 15.8 Å². The van der Waals surface area contributed by atoms with Crippen LogP contribution in [0.25, 0.3) is 0 Å². The van der Waals surface area contributed by atoms with Gasteiger partial charge in [-0.05, 0) is 25.0 Å². The topological polar surface area (TPSA) is 95.9 Å². The third-order valence-electron chi connectivity index (χ3n) is 4.32. The molecule has 1 saturated heterocycles. The first-order chi connectivity index (χ1) is 11.8. The first kappa shape index (κ1) is 17.9. The molecule has 9 heteroatoms. The van der Waals surface area contributed by atoms with Crippen LogP contribution in [0.5, 0.6) is 0 Å². The number of hydrogen-bond acceptors (Lipinski definition) is 5. The summed E-state index contributed by atoms with van der Waals surface area (Å²) < 4.78 is 23.0. The normalized spacial score (nSPS) is 25.1. The van der Waals surface area contributed by atoms with Gasteiger partial charge in [0.25, 0.3) is 5.91 Å². The molecule has 0 spiro atoms. The number of hydrazone groups is 1. The van der Waals surface area contributed by atoms with E-state index >= 15 is 0 Å². The summed E-state index contributed by atoms with van der Waals surface area (Å²) >= 11 is 6.10. The van der Waals surface area contributed by atoms with Crippen molar-refractivity contribution >= 4 is 39.0 Å². The van der Waals surface area contributed by atoms with Crippen molar-refractivity contribution < 1.29 is 18.0 Å². The second kappa shape index (κ2) is 6.76. The van der Waals surface area contributed by atoms with E-state index in [2.05, 4.69) is 10.4 Å². The van der Waals surface area contributed by atoms with Crippen molar-refractivity contribution in [2.75, 3.05) is 11.5 Å². The van der Waals surface area contributed by atoms with E-state index in [0.29, 0.717) is 17.2 Å². The van der Waals surface area contributed by atoms with Crippen molar-refractivity contribution in [3.63, 3.8) is 0 Å². The van der Waals surface area contributed by atoms with Gasteiger partial charge in [0.1, 0.15) is 0 Å². The average Bonchev–Trinajstić information content (AvgIpc) is 3.00. The van der Waals surface area contributed by atoms with Crippen molar-refractivity contribution in [2.45, 2.75) is 25.9 Å². The molecule has 25 heavy (non-hydrogen) atoms. The van der Waals surface area contributed by atoms with E-state index in [4.69, 9.17) is 11.6 Å². The summed E-state index contributed by atoms with van der Waals surface area (Å²) in [5.41, 5.74) is 1.12. The zero-order valence-electron chi connectivity index (χ0n) is 13.6. The van der Waals surface area contributed by atoms with Crippen LogP contribution in [-0.2, 0) is 26.0 Å². The molecular formula is C16H18ClN3O4S. The highest BCUT2D eigenvalue weighted by molar-refractivity contribution is 7.91. The Bertz CT molecular complexity index is 853. The Hall–Kier alpha value is -1.93. The molecule has 2 aliphatic heterocycles. The quantitative estimate of drug-likeness (QED) is 0.784. The molecule has 0 aromatic heterocycles.